The van der Waals surface area contributed by atoms with Crippen molar-refractivity contribution in [2.24, 2.45) is 0 Å². The minimum absolute atomic E-state index is 0.000309. The number of rotatable bonds is 2. The van der Waals surface area contributed by atoms with E-state index in [1.165, 1.54) is 0 Å². The monoisotopic (exact) mass is 362 g/mol. The van der Waals surface area contributed by atoms with Crippen LogP contribution >= 0.6 is 50.7 Å². The smallest absolute Gasteiger partial charge is 0.0659 e. The molecule has 0 saturated heterocycles. The van der Waals surface area contributed by atoms with E-state index in [0.29, 0.717) is 10.0 Å². The van der Waals surface area contributed by atoms with Crippen molar-refractivity contribution in [3.63, 3.8) is 0 Å². The molecule has 0 saturated carbocycles. The second-order valence-electron chi connectivity index (χ2n) is 4.01. The summed E-state index contributed by atoms with van der Waals surface area (Å²) in [6, 6.07) is 11.5. The molecule has 0 fully saturated rings. The van der Waals surface area contributed by atoms with E-state index < -0.39 is 0 Å². The fourth-order valence-corrected chi connectivity index (χ4v) is 3.06. The molecule has 0 aliphatic carbocycles. The van der Waals surface area contributed by atoms with Gasteiger partial charge in [-0.05, 0) is 35.7 Å². The molecule has 94 valence electrons. The van der Waals surface area contributed by atoms with Crippen LogP contribution in [0.15, 0.2) is 36.4 Å². The van der Waals surface area contributed by atoms with Crippen molar-refractivity contribution in [1.29, 1.82) is 0 Å². The van der Waals surface area contributed by atoms with E-state index in [9.17, 15) is 0 Å². The van der Waals surface area contributed by atoms with Crippen molar-refractivity contribution >= 4 is 50.7 Å². The first-order valence-electron chi connectivity index (χ1n) is 5.34. The third kappa shape index (κ3) is 2.85. The summed E-state index contributed by atoms with van der Waals surface area (Å²) in [5, 5.41) is 1.86. The maximum absolute atomic E-state index is 6.32. The van der Waals surface area contributed by atoms with Gasteiger partial charge in [0.15, 0.2) is 0 Å². The minimum Gasteiger partial charge on any atom is -0.0837 e. The molecule has 0 radical (unpaired) electrons. The summed E-state index contributed by atoms with van der Waals surface area (Å²) in [7, 11) is 0. The number of aryl methyl sites for hydroxylation is 1. The predicted octanol–water partition coefficient (Wildman–Crippen LogP) is 6.44. The van der Waals surface area contributed by atoms with Gasteiger partial charge in [-0.15, -0.1) is 0 Å². The topological polar surface area (TPSA) is 0 Å². The summed E-state index contributed by atoms with van der Waals surface area (Å²) in [5.41, 5.74) is 3.10. The molecule has 0 aliphatic rings. The Morgan fingerprint density at radius 1 is 1.00 bits per heavy atom. The van der Waals surface area contributed by atoms with Crippen LogP contribution < -0.4 is 0 Å². The van der Waals surface area contributed by atoms with Crippen molar-refractivity contribution in [2.75, 3.05) is 0 Å². The number of hydrogen-bond acceptors (Lipinski definition) is 0. The van der Waals surface area contributed by atoms with Gasteiger partial charge in [0.1, 0.15) is 0 Å². The SMILES string of the molecule is Cc1cccc(C(Br)c2ccc(Cl)c(Cl)c2)c1Cl. The van der Waals surface area contributed by atoms with Gasteiger partial charge in [-0.2, -0.15) is 0 Å². The number of alkyl halides is 1. The third-order valence-electron chi connectivity index (χ3n) is 2.73. The zero-order valence-electron chi connectivity index (χ0n) is 9.55. The lowest BCUT2D eigenvalue weighted by Gasteiger charge is -2.14. The molecular weight excluding hydrogens is 354 g/mol. The molecular formula is C14H10BrCl3. The van der Waals surface area contributed by atoms with Crippen molar-refractivity contribution < 1.29 is 0 Å². The lowest BCUT2D eigenvalue weighted by molar-refractivity contribution is 1.17. The van der Waals surface area contributed by atoms with E-state index in [2.05, 4.69) is 15.9 Å². The molecule has 2 aromatic rings. The molecule has 1 atom stereocenters. The molecule has 0 heterocycles. The first-order chi connectivity index (χ1) is 8.50. The van der Waals surface area contributed by atoms with Gasteiger partial charge in [0.05, 0.1) is 14.9 Å². The summed E-state index contributed by atoms with van der Waals surface area (Å²) < 4.78 is 0. The van der Waals surface area contributed by atoms with Crippen LogP contribution in [0.3, 0.4) is 0 Å². The summed E-state index contributed by atoms with van der Waals surface area (Å²) in [6.07, 6.45) is 0. The van der Waals surface area contributed by atoms with E-state index in [1.54, 1.807) is 6.07 Å². The van der Waals surface area contributed by atoms with E-state index >= 15 is 0 Å². The molecule has 0 amide bonds. The molecule has 2 aromatic carbocycles. The van der Waals surface area contributed by atoms with E-state index in [-0.39, 0.29) is 4.83 Å². The number of hydrogen-bond donors (Lipinski definition) is 0. The van der Waals surface area contributed by atoms with Gasteiger partial charge in [0, 0.05) is 5.02 Å². The maximum Gasteiger partial charge on any atom is 0.0659 e. The summed E-state index contributed by atoms with van der Waals surface area (Å²) >= 11 is 21.9. The molecule has 18 heavy (non-hydrogen) atoms. The van der Waals surface area contributed by atoms with E-state index in [4.69, 9.17) is 34.8 Å². The Kier molecular flexibility index (Phi) is 4.60. The maximum atomic E-state index is 6.32. The molecule has 0 nitrogen and oxygen atoms in total. The van der Waals surface area contributed by atoms with Gasteiger partial charge >= 0.3 is 0 Å². The molecule has 1 unspecified atom stereocenters. The molecule has 4 heteroatoms. The van der Waals surface area contributed by atoms with Crippen LogP contribution in [-0.4, -0.2) is 0 Å². The average Bonchev–Trinajstić information content (AvgIpc) is 2.35. The predicted molar refractivity (Wildman–Crippen MR) is 83.4 cm³/mol. The number of benzene rings is 2. The Balaban J connectivity index is 2.44. The molecule has 0 bridgehead atoms. The third-order valence-corrected chi connectivity index (χ3v) is 5.01. The van der Waals surface area contributed by atoms with Gasteiger partial charge in [-0.1, -0.05) is 75.0 Å². The van der Waals surface area contributed by atoms with Crippen molar-refractivity contribution in [3.8, 4) is 0 Å². The van der Waals surface area contributed by atoms with Crippen LogP contribution in [0.1, 0.15) is 21.5 Å². The van der Waals surface area contributed by atoms with Crippen LogP contribution in [-0.2, 0) is 0 Å². The quantitative estimate of drug-likeness (QED) is 0.538. The summed E-state index contributed by atoms with van der Waals surface area (Å²) in [4.78, 5) is -0.000309. The van der Waals surface area contributed by atoms with E-state index in [1.807, 2.05) is 37.3 Å². The largest absolute Gasteiger partial charge is 0.0837 e. The molecule has 0 aliphatic heterocycles. The van der Waals surface area contributed by atoms with E-state index in [0.717, 1.165) is 21.7 Å². The highest BCUT2D eigenvalue weighted by molar-refractivity contribution is 9.09. The fourth-order valence-electron chi connectivity index (χ4n) is 1.72. The van der Waals surface area contributed by atoms with Gasteiger partial charge in [-0.25, -0.2) is 0 Å². The standard InChI is InChI=1S/C14H10BrCl3/c1-8-3-2-4-10(14(8)18)13(15)9-5-6-11(16)12(17)7-9/h2-7,13H,1H3. The molecule has 0 spiro atoms. The van der Waals surface area contributed by atoms with Crippen LogP contribution in [0.5, 0.6) is 0 Å². The van der Waals surface area contributed by atoms with Gasteiger partial charge in [-0.3, -0.25) is 0 Å². The zero-order valence-corrected chi connectivity index (χ0v) is 13.4. The Bertz CT molecular complexity index is 581. The first kappa shape index (κ1) is 14.2. The summed E-state index contributed by atoms with van der Waals surface area (Å²) in [5.74, 6) is 0. The lowest BCUT2D eigenvalue weighted by atomic mass is 10.0. The Hall–Kier alpha value is -0.210. The highest BCUT2D eigenvalue weighted by atomic mass is 79.9. The highest BCUT2D eigenvalue weighted by Gasteiger charge is 2.15. The van der Waals surface area contributed by atoms with Crippen molar-refractivity contribution in [2.45, 2.75) is 11.8 Å². The minimum atomic E-state index is -0.000309. The van der Waals surface area contributed by atoms with Crippen molar-refractivity contribution in [1.82, 2.24) is 0 Å². The zero-order chi connectivity index (χ0) is 13.3. The number of halogens is 4. The van der Waals surface area contributed by atoms with Gasteiger partial charge in [0.2, 0.25) is 0 Å². The van der Waals surface area contributed by atoms with Crippen LogP contribution in [0.25, 0.3) is 0 Å². The lowest BCUT2D eigenvalue weighted by Crippen LogP contribution is -1.95. The average molecular weight is 364 g/mol. The van der Waals surface area contributed by atoms with Crippen LogP contribution in [0, 0.1) is 6.92 Å². The Labute approximate surface area is 130 Å². The van der Waals surface area contributed by atoms with Crippen LogP contribution in [0.4, 0.5) is 0 Å². The Morgan fingerprint density at radius 3 is 2.39 bits per heavy atom. The molecule has 2 rings (SSSR count). The normalized spacial score (nSPS) is 12.5. The van der Waals surface area contributed by atoms with Gasteiger partial charge < -0.3 is 0 Å². The second kappa shape index (κ2) is 5.83. The molecule has 0 N–H and O–H groups in total. The summed E-state index contributed by atoms with van der Waals surface area (Å²) in [6.45, 7) is 1.99. The second-order valence-corrected chi connectivity index (χ2v) is 6.12. The Morgan fingerprint density at radius 2 is 1.72 bits per heavy atom. The highest BCUT2D eigenvalue weighted by Crippen LogP contribution is 2.38. The molecule has 0 aromatic heterocycles. The fraction of sp³-hybridized carbons (Fsp3) is 0.143. The van der Waals surface area contributed by atoms with Gasteiger partial charge in [0.25, 0.3) is 0 Å². The first-order valence-corrected chi connectivity index (χ1v) is 7.39. The van der Waals surface area contributed by atoms with Crippen LogP contribution in [0.2, 0.25) is 15.1 Å². The van der Waals surface area contributed by atoms with Crippen molar-refractivity contribution in [3.05, 3.63) is 68.2 Å².